The first-order chi connectivity index (χ1) is 15.7. The molecule has 3 aliphatic rings. The molecule has 1 amide bonds. The van der Waals surface area contributed by atoms with Crippen LogP contribution in [0, 0.1) is 23.2 Å². The number of nitrogens with zero attached hydrogens (tertiary/aromatic N) is 3. The molecule has 0 saturated heterocycles. The number of para-hydroxylation sites is 1. The van der Waals surface area contributed by atoms with E-state index in [0.29, 0.717) is 40.0 Å². The zero-order chi connectivity index (χ0) is 23.3. The van der Waals surface area contributed by atoms with Crippen LogP contribution in [0.15, 0.2) is 39.7 Å². The third kappa shape index (κ3) is 4.10. The topological polar surface area (TPSA) is 88.9 Å². The van der Waals surface area contributed by atoms with Crippen molar-refractivity contribution in [2.75, 3.05) is 5.32 Å². The number of carbonyl (C=O) groups excluding carboxylic acids is 1. The van der Waals surface area contributed by atoms with Gasteiger partial charge in [-0.05, 0) is 64.1 Å². The highest BCUT2D eigenvalue weighted by atomic mass is 79.9. The fraction of sp³-hybridized carbons (Fsp3) is 0.500. The van der Waals surface area contributed by atoms with E-state index in [-0.39, 0.29) is 18.0 Å². The maximum atomic E-state index is 12.8. The van der Waals surface area contributed by atoms with Gasteiger partial charge in [-0.25, -0.2) is 9.67 Å². The van der Waals surface area contributed by atoms with Crippen LogP contribution in [-0.4, -0.2) is 26.7 Å². The summed E-state index contributed by atoms with van der Waals surface area (Å²) in [5, 5.41) is 11.5. The van der Waals surface area contributed by atoms with Gasteiger partial charge in [-0.3, -0.25) is 9.59 Å². The van der Waals surface area contributed by atoms with E-state index in [0.717, 1.165) is 27.6 Å². The lowest BCUT2D eigenvalue weighted by molar-refractivity contribution is -0.122. The highest BCUT2D eigenvalue weighted by Crippen LogP contribution is 2.61. The van der Waals surface area contributed by atoms with Crippen LogP contribution < -0.4 is 16.2 Å². The van der Waals surface area contributed by atoms with E-state index in [4.69, 9.17) is 0 Å². The summed E-state index contributed by atoms with van der Waals surface area (Å²) >= 11 is 4.98. The highest BCUT2D eigenvalue weighted by molar-refractivity contribution is 9.10. The number of carbonyl (C=O) groups is 1. The predicted octanol–water partition coefficient (Wildman–Crippen LogP) is 4.41. The van der Waals surface area contributed by atoms with Gasteiger partial charge < -0.3 is 10.6 Å². The number of nitrogens with one attached hydrogen (secondary N) is 2. The molecule has 3 fully saturated rings. The van der Waals surface area contributed by atoms with Crippen LogP contribution in [0.4, 0.5) is 5.69 Å². The van der Waals surface area contributed by atoms with Crippen molar-refractivity contribution >= 4 is 49.1 Å². The maximum Gasteiger partial charge on any atom is 0.283 e. The number of aromatic nitrogens is 3. The number of hydrogen-bond donors (Lipinski definition) is 2. The second kappa shape index (κ2) is 8.51. The maximum absolute atomic E-state index is 12.8. The Hall–Kier alpha value is -2.26. The molecule has 0 unspecified atom stereocenters. The minimum Gasteiger partial charge on any atom is -0.380 e. The van der Waals surface area contributed by atoms with E-state index in [2.05, 4.69) is 57.4 Å². The molecule has 4 atom stereocenters. The summed E-state index contributed by atoms with van der Waals surface area (Å²) in [5.74, 6) is 1.69. The zero-order valence-electron chi connectivity index (χ0n) is 19.0. The van der Waals surface area contributed by atoms with Gasteiger partial charge in [0, 0.05) is 6.04 Å². The lowest BCUT2D eigenvalue weighted by atomic mass is 9.45. The Morgan fingerprint density at radius 3 is 2.82 bits per heavy atom. The molecule has 7 nitrogen and oxygen atoms in total. The first kappa shape index (κ1) is 22.5. The summed E-state index contributed by atoms with van der Waals surface area (Å²) < 4.78 is 2.69. The standard InChI is InChI=1S/C24H28BrN5O2S/c1-13-15-8-14(24(15,2)3)9-17(13)28-18-10-27-30(23(32)22(18)25)12-20(31)26-11-21-29-16-6-4-5-7-19(16)33-21/h4-7,10,13-15,17,28H,8-9,11-12H2,1-3H3,(H,26,31)/t13-,14+,15-,17-/m1/s1. The molecule has 6 rings (SSSR count). The number of anilines is 1. The Balaban J connectivity index is 1.21. The van der Waals surface area contributed by atoms with Crippen molar-refractivity contribution in [3.05, 3.63) is 50.3 Å². The molecule has 33 heavy (non-hydrogen) atoms. The van der Waals surface area contributed by atoms with Gasteiger partial charge in [0.1, 0.15) is 16.0 Å². The first-order valence-corrected chi connectivity index (χ1v) is 13.0. The molecule has 2 bridgehead atoms. The number of thiazole rings is 1. The van der Waals surface area contributed by atoms with E-state index in [1.165, 1.54) is 11.1 Å². The van der Waals surface area contributed by atoms with Gasteiger partial charge in [0.15, 0.2) is 0 Å². The molecule has 2 N–H and O–H groups in total. The summed E-state index contributed by atoms with van der Waals surface area (Å²) in [5.41, 5.74) is 1.71. The Morgan fingerprint density at radius 1 is 1.30 bits per heavy atom. The number of rotatable bonds is 6. The Kier molecular flexibility index (Phi) is 5.81. The van der Waals surface area contributed by atoms with Crippen LogP contribution in [-0.2, 0) is 17.9 Å². The normalized spacial score (nSPS) is 25.5. The third-order valence-electron chi connectivity index (χ3n) is 7.75. The zero-order valence-corrected chi connectivity index (χ0v) is 21.4. The molecule has 3 saturated carbocycles. The molecular formula is C24H28BrN5O2S. The van der Waals surface area contributed by atoms with Crippen LogP contribution in [0.3, 0.4) is 0 Å². The van der Waals surface area contributed by atoms with Gasteiger partial charge in [-0.15, -0.1) is 11.3 Å². The minimum atomic E-state index is -0.316. The SMILES string of the molecule is C[C@@H]1[C@H]2C[C@@H](C[C@H]1Nc1cnn(CC(=O)NCc3nc4ccccc4s3)c(=O)c1Br)C2(C)C. The summed E-state index contributed by atoms with van der Waals surface area (Å²) in [4.78, 5) is 29.8. The van der Waals surface area contributed by atoms with Gasteiger partial charge in [0.25, 0.3) is 5.56 Å². The number of hydrogen-bond acceptors (Lipinski definition) is 6. The highest BCUT2D eigenvalue weighted by Gasteiger charge is 2.56. The molecule has 0 radical (unpaired) electrons. The monoisotopic (exact) mass is 529 g/mol. The van der Waals surface area contributed by atoms with Crippen LogP contribution in [0.5, 0.6) is 0 Å². The van der Waals surface area contributed by atoms with Gasteiger partial charge in [-0.2, -0.15) is 5.10 Å². The molecule has 2 aromatic heterocycles. The second-order valence-electron chi connectivity index (χ2n) is 9.89. The number of benzene rings is 1. The van der Waals surface area contributed by atoms with Gasteiger partial charge in [0.05, 0.1) is 28.6 Å². The van der Waals surface area contributed by atoms with Crippen molar-refractivity contribution in [1.29, 1.82) is 0 Å². The van der Waals surface area contributed by atoms with Gasteiger partial charge >= 0.3 is 0 Å². The summed E-state index contributed by atoms with van der Waals surface area (Å²) in [6.07, 6.45) is 4.05. The summed E-state index contributed by atoms with van der Waals surface area (Å²) in [6, 6.07) is 8.19. The molecule has 2 heterocycles. The van der Waals surface area contributed by atoms with Crippen molar-refractivity contribution in [1.82, 2.24) is 20.1 Å². The van der Waals surface area contributed by atoms with E-state index < -0.39 is 0 Å². The van der Waals surface area contributed by atoms with Gasteiger partial charge in [0.2, 0.25) is 5.91 Å². The molecule has 9 heteroatoms. The summed E-state index contributed by atoms with van der Waals surface area (Å²) in [6.45, 7) is 7.24. The second-order valence-corrected chi connectivity index (χ2v) is 11.8. The smallest absolute Gasteiger partial charge is 0.283 e. The van der Waals surface area contributed by atoms with Crippen molar-refractivity contribution < 1.29 is 4.79 Å². The lowest BCUT2D eigenvalue weighted by Crippen LogP contribution is -2.58. The van der Waals surface area contributed by atoms with Crippen molar-refractivity contribution in [2.45, 2.75) is 52.7 Å². The van der Waals surface area contributed by atoms with E-state index in [1.54, 1.807) is 17.5 Å². The van der Waals surface area contributed by atoms with E-state index in [1.807, 2.05) is 24.3 Å². The number of fused-ring (bicyclic) bond motifs is 3. The average Bonchev–Trinajstić information content (AvgIpc) is 3.21. The predicted molar refractivity (Wildman–Crippen MR) is 134 cm³/mol. The molecule has 3 aliphatic carbocycles. The molecule has 0 aliphatic heterocycles. The van der Waals surface area contributed by atoms with Crippen LogP contribution >= 0.6 is 27.3 Å². The van der Waals surface area contributed by atoms with E-state index in [9.17, 15) is 9.59 Å². The third-order valence-corrected chi connectivity index (χ3v) is 9.55. The molecule has 174 valence electrons. The van der Waals surface area contributed by atoms with Crippen LogP contribution in [0.2, 0.25) is 0 Å². The minimum absolute atomic E-state index is 0.138. The quantitative estimate of drug-likeness (QED) is 0.493. The van der Waals surface area contributed by atoms with E-state index >= 15 is 0 Å². The van der Waals surface area contributed by atoms with Crippen LogP contribution in [0.25, 0.3) is 10.2 Å². The summed E-state index contributed by atoms with van der Waals surface area (Å²) in [7, 11) is 0. The molecule has 1 aromatic carbocycles. The molecule has 3 aromatic rings. The number of amides is 1. The first-order valence-electron chi connectivity index (χ1n) is 11.4. The van der Waals surface area contributed by atoms with Crippen molar-refractivity contribution in [2.24, 2.45) is 23.2 Å². The van der Waals surface area contributed by atoms with Crippen LogP contribution in [0.1, 0.15) is 38.6 Å². The largest absolute Gasteiger partial charge is 0.380 e. The molecular weight excluding hydrogens is 502 g/mol. The fourth-order valence-electron chi connectivity index (χ4n) is 5.58. The lowest BCUT2D eigenvalue weighted by Gasteiger charge is -2.62. The number of halogens is 1. The van der Waals surface area contributed by atoms with Gasteiger partial charge in [-0.1, -0.05) is 32.9 Å². The Labute approximate surface area is 205 Å². The Morgan fingerprint density at radius 2 is 2.09 bits per heavy atom. The Bertz CT molecular complexity index is 1240. The molecule has 0 spiro atoms. The van der Waals surface area contributed by atoms with Crippen molar-refractivity contribution in [3.63, 3.8) is 0 Å². The fourth-order valence-corrected chi connectivity index (χ4v) is 6.91. The average molecular weight is 530 g/mol. The van der Waals surface area contributed by atoms with Crippen molar-refractivity contribution in [3.8, 4) is 0 Å².